The van der Waals surface area contributed by atoms with Gasteiger partial charge in [0, 0.05) is 42.7 Å². The van der Waals surface area contributed by atoms with E-state index in [1.807, 2.05) is 61.5 Å². The van der Waals surface area contributed by atoms with Crippen LogP contribution in [0.25, 0.3) is 16.5 Å². The first-order valence-electron chi connectivity index (χ1n) is 9.91. The predicted molar refractivity (Wildman–Crippen MR) is 116 cm³/mol. The first-order chi connectivity index (χ1) is 15.0. The van der Waals surface area contributed by atoms with Crippen LogP contribution in [0.4, 0.5) is 0 Å². The van der Waals surface area contributed by atoms with Crippen molar-refractivity contribution in [2.45, 2.75) is 19.9 Å². The van der Waals surface area contributed by atoms with E-state index in [0.29, 0.717) is 12.2 Å². The summed E-state index contributed by atoms with van der Waals surface area (Å²) < 4.78 is 1.66. The first kappa shape index (κ1) is 20.2. The highest BCUT2D eigenvalue weighted by molar-refractivity contribution is 5.94. The molecule has 0 bridgehead atoms. The van der Waals surface area contributed by atoms with E-state index in [1.165, 1.54) is 0 Å². The van der Waals surface area contributed by atoms with E-state index < -0.39 is 5.91 Å². The SMILES string of the molecule is Cc1c(C(=O)N(CCC(N)=O)Cc2ccccc2)nnn1-c1cccc2cnccc12. The maximum atomic E-state index is 13.3. The molecule has 0 saturated heterocycles. The molecule has 0 unspecified atom stereocenters. The number of rotatable bonds is 7. The third-order valence-electron chi connectivity index (χ3n) is 5.11. The summed E-state index contributed by atoms with van der Waals surface area (Å²) >= 11 is 0. The molecule has 0 aliphatic carbocycles. The summed E-state index contributed by atoms with van der Waals surface area (Å²) in [4.78, 5) is 30.4. The molecule has 0 aliphatic rings. The lowest BCUT2D eigenvalue weighted by molar-refractivity contribution is -0.118. The molecule has 2 N–H and O–H groups in total. The van der Waals surface area contributed by atoms with Gasteiger partial charge in [0.2, 0.25) is 5.91 Å². The lowest BCUT2D eigenvalue weighted by atomic mass is 10.1. The third-order valence-corrected chi connectivity index (χ3v) is 5.11. The lowest BCUT2D eigenvalue weighted by Gasteiger charge is -2.21. The summed E-state index contributed by atoms with van der Waals surface area (Å²) in [5.41, 5.74) is 7.95. The second kappa shape index (κ2) is 8.74. The first-order valence-corrected chi connectivity index (χ1v) is 9.91. The van der Waals surface area contributed by atoms with E-state index in [-0.39, 0.29) is 24.6 Å². The molecular formula is C23H22N6O2. The fourth-order valence-electron chi connectivity index (χ4n) is 3.50. The quantitative estimate of drug-likeness (QED) is 0.500. The molecule has 0 radical (unpaired) electrons. The van der Waals surface area contributed by atoms with E-state index in [1.54, 1.807) is 22.0 Å². The molecule has 2 amide bonds. The van der Waals surface area contributed by atoms with Gasteiger partial charge in [-0.2, -0.15) is 0 Å². The number of aromatic nitrogens is 4. The van der Waals surface area contributed by atoms with Gasteiger partial charge in [0.1, 0.15) is 0 Å². The number of primary amides is 1. The number of benzene rings is 2. The fraction of sp³-hybridized carbons (Fsp3) is 0.174. The number of amides is 2. The van der Waals surface area contributed by atoms with Crippen LogP contribution in [0.5, 0.6) is 0 Å². The Morgan fingerprint density at radius 1 is 1.06 bits per heavy atom. The van der Waals surface area contributed by atoms with E-state index in [0.717, 1.165) is 22.0 Å². The minimum absolute atomic E-state index is 0.0715. The van der Waals surface area contributed by atoms with Crippen molar-refractivity contribution in [3.8, 4) is 5.69 Å². The van der Waals surface area contributed by atoms with Gasteiger partial charge < -0.3 is 10.6 Å². The Morgan fingerprint density at radius 3 is 2.65 bits per heavy atom. The van der Waals surface area contributed by atoms with Crippen molar-refractivity contribution in [1.82, 2.24) is 24.9 Å². The monoisotopic (exact) mass is 414 g/mol. The van der Waals surface area contributed by atoms with Crippen LogP contribution in [0.1, 0.15) is 28.2 Å². The topological polar surface area (TPSA) is 107 Å². The summed E-state index contributed by atoms with van der Waals surface area (Å²) in [6.45, 7) is 2.36. The minimum Gasteiger partial charge on any atom is -0.370 e. The molecule has 4 aromatic rings. The van der Waals surface area contributed by atoms with Crippen molar-refractivity contribution in [2.24, 2.45) is 5.73 Å². The van der Waals surface area contributed by atoms with Gasteiger partial charge in [-0.15, -0.1) is 5.10 Å². The molecule has 0 spiro atoms. The molecule has 2 aromatic carbocycles. The molecular weight excluding hydrogens is 392 g/mol. The number of hydrogen-bond donors (Lipinski definition) is 1. The highest BCUT2D eigenvalue weighted by Crippen LogP contribution is 2.23. The molecule has 0 atom stereocenters. The zero-order valence-corrected chi connectivity index (χ0v) is 17.1. The Bertz CT molecular complexity index is 1230. The molecule has 4 rings (SSSR count). The van der Waals surface area contributed by atoms with Crippen LogP contribution < -0.4 is 5.73 Å². The van der Waals surface area contributed by atoms with E-state index in [2.05, 4.69) is 15.3 Å². The highest BCUT2D eigenvalue weighted by atomic mass is 16.2. The van der Waals surface area contributed by atoms with E-state index in [4.69, 9.17) is 5.73 Å². The van der Waals surface area contributed by atoms with Crippen LogP contribution in [-0.4, -0.2) is 43.2 Å². The molecule has 31 heavy (non-hydrogen) atoms. The zero-order valence-electron chi connectivity index (χ0n) is 17.1. The standard InChI is InChI=1S/C23H22N6O2/c1-16-22(23(31)28(13-11-21(24)30)15-17-6-3-2-4-7-17)26-27-29(16)20-9-5-8-18-14-25-12-10-19(18)20/h2-10,12,14H,11,13,15H2,1H3,(H2,24,30). The van der Waals surface area contributed by atoms with Gasteiger partial charge in [0.25, 0.3) is 5.91 Å². The van der Waals surface area contributed by atoms with Crippen molar-refractivity contribution >= 4 is 22.6 Å². The van der Waals surface area contributed by atoms with Crippen molar-refractivity contribution < 1.29 is 9.59 Å². The molecule has 0 saturated carbocycles. The fourth-order valence-corrected chi connectivity index (χ4v) is 3.50. The molecule has 156 valence electrons. The number of nitrogens with two attached hydrogens (primary N) is 1. The molecule has 0 fully saturated rings. The number of carbonyl (C=O) groups excluding carboxylic acids is 2. The van der Waals surface area contributed by atoms with Gasteiger partial charge in [-0.05, 0) is 24.6 Å². The number of nitrogens with zero attached hydrogens (tertiary/aromatic N) is 5. The average Bonchev–Trinajstić information content (AvgIpc) is 3.17. The number of carbonyl (C=O) groups is 2. The third kappa shape index (κ3) is 4.28. The number of fused-ring (bicyclic) bond motifs is 1. The normalized spacial score (nSPS) is 10.9. The Balaban J connectivity index is 1.68. The van der Waals surface area contributed by atoms with Gasteiger partial charge in [0.15, 0.2) is 5.69 Å². The van der Waals surface area contributed by atoms with Crippen molar-refractivity contribution in [3.63, 3.8) is 0 Å². The van der Waals surface area contributed by atoms with Crippen LogP contribution in [0.3, 0.4) is 0 Å². The van der Waals surface area contributed by atoms with Crippen LogP contribution in [-0.2, 0) is 11.3 Å². The van der Waals surface area contributed by atoms with E-state index >= 15 is 0 Å². The Morgan fingerprint density at radius 2 is 1.87 bits per heavy atom. The molecule has 8 heteroatoms. The van der Waals surface area contributed by atoms with Crippen LogP contribution in [0.15, 0.2) is 67.0 Å². The highest BCUT2D eigenvalue weighted by Gasteiger charge is 2.24. The van der Waals surface area contributed by atoms with Crippen LogP contribution in [0.2, 0.25) is 0 Å². The van der Waals surface area contributed by atoms with Gasteiger partial charge in [0.05, 0.1) is 11.4 Å². The summed E-state index contributed by atoms with van der Waals surface area (Å²) in [5, 5.41) is 10.4. The predicted octanol–water partition coefficient (Wildman–Crippen LogP) is 2.64. The Kier molecular flexibility index (Phi) is 5.70. The van der Waals surface area contributed by atoms with Crippen molar-refractivity contribution in [1.29, 1.82) is 0 Å². The Labute approximate surface area is 179 Å². The molecule has 0 aliphatic heterocycles. The minimum atomic E-state index is -0.462. The summed E-state index contributed by atoms with van der Waals surface area (Å²) in [7, 11) is 0. The summed E-state index contributed by atoms with van der Waals surface area (Å²) in [6.07, 6.45) is 3.57. The van der Waals surface area contributed by atoms with Gasteiger partial charge in [-0.1, -0.05) is 47.7 Å². The molecule has 2 heterocycles. The molecule has 2 aromatic heterocycles. The van der Waals surface area contributed by atoms with Gasteiger partial charge in [-0.3, -0.25) is 14.6 Å². The summed E-state index contributed by atoms with van der Waals surface area (Å²) in [5.74, 6) is -0.758. The van der Waals surface area contributed by atoms with Crippen molar-refractivity contribution in [2.75, 3.05) is 6.54 Å². The maximum Gasteiger partial charge on any atom is 0.276 e. The lowest BCUT2D eigenvalue weighted by Crippen LogP contribution is -2.34. The van der Waals surface area contributed by atoms with Gasteiger partial charge in [-0.25, -0.2) is 4.68 Å². The zero-order chi connectivity index (χ0) is 21.8. The average molecular weight is 414 g/mol. The smallest absolute Gasteiger partial charge is 0.276 e. The Hall–Kier alpha value is -4.07. The second-order valence-corrected chi connectivity index (χ2v) is 7.24. The maximum absolute atomic E-state index is 13.3. The van der Waals surface area contributed by atoms with Crippen molar-refractivity contribution in [3.05, 3.63) is 83.9 Å². The van der Waals surface area contributed by atoms with E-state index in [9.17, 15) is 9.59 Å². The van der Waals surface area contributed by atoms with Crippen LogP contribution >= 0.6 is 0 Å². The van der Waals surface area contributed by atoms with Crippen LogP contribution in [0, 0.1) is 6.92 Å². The summed E-state index contributed by atoms with van der Waals surface area (Å²) in [6, 6.07) is 17.3. The second-order valence-electron chi connectivity index (χ2n) is 7.24. The molecule has 8 nitrogen and oxygen atoms in total. The number of hydrogen-bond acceptors (Lipinski definition) is 5. The van der Waals surface area contributed by atoms with Gasteiger partial charge >= 0.3 is 0 Å². The number of pyridine rings is 1. The largest absolute Gasteiger partial charge is 0.370 e.